The van der Waals surface area contributed by atoms with Gasteiger partial charge in [-0.2, -0.15) is 5.12 Å². The molecule has 1 atom stereocenters. The highest BCUT2D eigenvalue weighted by atomic mass is 16.3. The summed E-state index contributed by atoms with van der Waals surface area (Å²) in [4.78, 5) is 10.2. The molecule has 84 valence electrons. The summed E-state index contributed by atoms with van der Waals surface area (Å²) in [6, 6.07) is -0.524. The zero-order chi connectivity index (χ0) is 11.0. The maximum absolute atomic E-state index is 10.2. The number of hydrogen-bond donors (Lipinski definition) is 5. The highest BCUT2D eigenvalue weighted by Crippen LogP contribution is 1.89. The minimum absolute atomic E-state index is 0.139. The minimum atomic E-state index is -0.560. The van der Waals surface area contributed by atoms with E-state index in [-0.39, 0.29) is 6.61 Å². The summed E-state index contributed by atoms with van der Waals surface area (Å²) >= 11 is 0. The van der Waals surface area contributed by atoms with E-state index in [2.05, 4.69) is 10.9 Å². The lowest BCUT2D eigenvalue weighted by atomic mass is 10.5. The van der Waals surface area contributed by atoms with Gasteiger partial charge in [0.2, 0.25) is 0 Å². The molecule has 0 aromatic heterocycles. The van der Waals surface area contributed by atoms with E-state index >= 15 is 0 Å². The molecule has 1 aliphatic rings. The number of hydrogen-bond acceptors (Lipinski definition) is 5. The van der Waals surface area contributed by atoms with E-state index in [1.807, 2.05) is 0 Å². The average molecular weight is 206 g/mol. The van der Waals surface area contributed by atoms with Crippen LogP contribution in [0.3, 0.4) is 0 Å². The second-order valence-electron chi connectivity index (χ2n) is 2.92. The molecule has 0 aromatic rings. The molecular weight excluding hydrogens is 188 g/mol. The van der Waals surface area contributed by atoms with Crippen LogP contribution in [0.4, 0.5) is 4.79 Å². The zero-order valence-corrected chi connectivity index (χ0v) is 8.23. The molecule has 1 saturated heterocycles. The van der Waals surface area contributed by atoms with Crippen LogP contribution in [0.1, 0.15) is 13.3 Å². The minimum Gasteiger partial charge on any atom is -0.394 e. The Morgan fingerprint density at radius 3 is 2.64 bits per heavy atom. The SMILES string of the molecule is CC(O)CO.NC(=O)NN1CCCN1. The van der Waals surface area contributed by atoms with Crippen LogP contribution in [0.5, 0.6) is 0 Å². The van der Waals surface area contributed by atoms with Gasteiger partial charge < -0.3 is 15.9 Å². The number of aliphatic hydroxyl groups is 2. The van der Waals surface area contributed by atoms with E-state index in [1.54, 1.807) is 5.12 Å². The molecule has 7 nitrogen and oxygen atoms in total. The summed E-state index contributed by atoms with van der Waals surface area (Å²) < 4.78 is 0. The van der Waals surface area contributed by atoms with Crippen LogP contribution in [-0.4, -0.2) is 47.2 Å². The topological polar surface area (TPSA) is 111 Å². The third kappa shape index (κ3) is 7.74. The Morgan fingerprint density at radius 1 is 1.79 bits per heavy atom. The van der Waals surface area contributed by atoms with Crippen LogP contribution < -0.4 is 16.6 Å². The van der Waals surface area contributed by atoms with Crippen molar-refractivity contribution in [3.8, 4) is 0 Å². The van der Waals surface area contributed by atoms with Crippen LogP contribution in [0.15, 0.2) is 0 Å². The lowest BCUT2D eigenvalue weighted by Gasteiger charge is -2.13. The fourth-order valence-corrected chi connectivity index (χ4v) is 0.759. The van der Waals surface area contributed by atoms with Gasteiger partial charge >= 0.3 is 6.03 Å². The fraction of sp³-hybridized carbons (Fsp3) is 0.857. The summed E-state index contributed by atoms with van der Waals surface area (Å²) in [5.41, 5.74) is 10.2. The second-order valence-corrected chi connectivity index (χ2v) is 2.92. The van der Waals surface area contributed by atoms with Gasteiger partial charge in [-0.15, -0.1) is 0 Å². The Bertz CT molecular complexity index is 159. The summed E-state index contributed by atoms with van der Waals surface area (Å²) in [5.74, 6) is 0. The number of amides is 2. The monoisotopic (exact) mass is 206 g/mol. The number of carbonyl (C=O) groups is 1. The van der Waals surface area contributed by atoms with E-state index in [9.17, 15) is 4.79 Å². The number of nitrogens with two attached hydrogens (primary N) is 1. The van der Waals surface area contributed by atoms with Gasteiger partial charge in [0.15, 0.2) is 0 Å². The lowest BCUT2D eigenvalue weighted by molar-refractivity contribution is 0.110. The highest BCUT2D eigenvalue weighted by Gasteiger charge is 2.10. The first-order valence-electron chi connectivity index (χ1n) is 4.42. The van der Waals surface area contributed by atoms with E-state index in [0.29, 0.717) is 0 Å². The van der Waals surface area contributed by atoms with Gasteiger partial charge in [0.25, 0.3) is 0 Å². The number of urea groups is 1. The molecule has 0 radical (unpaired) electrons. The predicted molar refractivity (Wildman–Crippen MR) is 50.8 cm³/mol. The van der Waals surface area contributed by atoms with Crippen molar-refractivity contribution in [1.29, 1.82) is 0 Å². The number of aliphatic hydroxyl groups excluding tert-OH is 2. The largest absolute Gasteiger partial charge is 0.394 e. The molecule has 1 rings (SSSR count). The van der Waals surface area contributed by atoms with Gasteiger partial charge in [-0.05, 0) is 13.3 Å². The van der Waals surface area contributed by atoms with Crippen LogP contribution in [0.2, 0.25) is 0 Å². The zero-order valence-electron chi connectivity index (χ0n) is 8.23. The van der Waals surface area contributed by atoms with E-state index in [1.165, 1.54) is 6.92 Å². The number of nitrogens with one attached hydrogen (secondary N) is 2. The fourth-order valence-electron chi connectivity index (χ4n) is 0.759. The first-order valence-corrected chi connectivity index (χ1v) is 4.42. The highest BCUT2D eigenvalue weighted by molar-refractivity contribution is 5.70. The molecule has 7 heteroatoms. The van der Waals surface area contributed by atoms with Gasteiger partial charge in [0.05, 0.1) is 12.7 Å². The number of rotatable bonds is 2. The van der Waals surface area contributed by atoms with E-state index < -0.39 is 12.1 Å². The van der Waals surface area contributed by atoms with Gasteiger partial charge in [-0.3, -0.25) is 5.43 Å². The third-order valence-corrected chi connectivity index (χ3v) is 1.37. The number of hydrazine groups is 2. The van der Waals surface area contributed by atoms with Crippen molar-refractivity contribution < 1.29 is 15.0 Å². The van der Waals surface area contributed by atoms with Crippen molar-refractivity contribution in [3.63, 3.8) is 0 Å². The third-order valence-electron chi connectivity index (χ3n) is 1.37. The first kappa shape index (κ1) is 13.1. The summed E-state index contributed by atoms with van der Waals surface area (Å²) in [6.45, 7) is 3.11. The molecule has 6 N–H and O–H groups in total. The van der Waals surface area contributed by atoms with E-state index in [0.717, 1.165) is 19.5 Å². The van der Waals surface area contributed by atoms with Gasteiger partial charge in [-0.25, -0.2) is 10.2 Å². The Kier molecular flexibility index (Phi) is 7.03. The van der Waals surface area contributed by atoms with Gasteiger partial charge in [0, 0.05) is 13.1 Å². The van der Waals surface area contributed by atoms with Gasteiger partial charge in [0.1, 0.15) is 0 Å². The predicted octanol–water partition coefficient (Wildman–Crippen LogP) is -1.86. The number of primary amides is 1. The molecule has 0 aliphatic carbocycles. The van der Waals surface area contributed by atoms with Gasteiger partial charge in [-0.1, -0.05) is 0 Å². The van der Waals surface area contributed by atoms with Crippen molar-refractivity contribution in [2.24, 2.45) is 5.73 Å². The molecular formula is C7H18N4O3. The molecule has 1 unspecified atom stereocenters. The van der Waals surface area contributed by atoms with Crippen LogP contribution >= 0.6 is 0 Å². The maximum atomic E-state index is 10.2. The van der Waals surface area contributed by atoms with Crippen LogP contribution in [0.25, 0.3) is 0 Å². The quantitative estimate of drug-likeness (QED) is 0.364. The lowest BCUT2D eigenvalue weighted by Crippen LogP contribution is -2.48. The molecule has 1 heterocycles. The Balaban J connectivity index is 0.000000292. The molecule has 2 amide bonds. The molecule has 0 spiro atoms. The van der Waals surface area contributed by atoms with Crippen molar-refractivity contribution >= 4 is 6.03 Å². The van der Waals surface area contributed by atoms with E-state index in [4.69, 9.17) is 15.9 Å². The Labute approximate surface area is 82.8 Å². The molecule has 0 aromatic carbocycles. The normalized spacial score (nSPS) is 18.2. The second kappa shape index (κ2) is 7.51. The Hall–Kier alpha value is -0.890. The molecule has 14 heavy (non-hydrogen) atoms. The summed E-state index contributed by atoms with van der Waals surface area (Å²) in [7, 11) is 0. The summed E-state index contributed by atoms with van der Waals surface area (Å²) in [6.07, 6.45) is 0.482. The molecule has 1 aliphatic heterocycles. The van der Waals surface area contributed by atoms with Crippen molar-refractivity contribution in [3.05, 3.63) is 0 Å². The molecule has 1 fully saturated rings. The first-order chi connectivity index (χ1) is 6.56. The average Bonchev–Trinajstić information content (AvgIpc) is 2.57. The Morgan fingerprint density at radius 2 is 2.36 bits per heavy atom. The molecule has 0 saturated carbocycles. The van der Waals surface area contributed by atoms with Crippen molar-refractivity contribution in [1.82, 2.24) is 16.0 Å². The number of carbonyl (C=O) groups excluding carboxylic acids is 1. The molecule has 0 bridgehead atoms. The van der Waals surface area contributed by atoms with Crippen molar-refractivity contribution in [2.45, 2.75) is 19.4 Å². The van der Waals surface area contributed by atoms with Crippen LogP contribution in [-0.2, 0) is 0 Å². The number of nitrogens with zero attached hydrogens (tertiary/aromatic N) is 1. The van der Waals surface area contributed by atoms with Crippen LogP contribution in [0, 0.1) is 0 Å². The smallest absolute Gasteiger partial charge is 0.327 e. The maximum Gasteiger partial charge on any atom is 0.327 e. The summed E-state index contributed by atoms with van der Waals surface area (Å²) in [5, 5.41) is 17.6. The standard InChI is InChI=1S/C4H10N4O.C3H8O2/c5-4(9)7-8-3-1-2-6-8;1-3(5)2-4/h6H,1-3H2,(H3,5,7,9);3-5H,2H2,1H3. The van der Waals surface area contributed by atoms with Crippen molar-refractivity contribution in [2.75, 3.05) is 19.7 Å².